The highest BCUT2D eigenvalue weighted by Gasteiger charge is 2.05. The Morgan fingerprint density at radius 2 is 2.00 bits per heavy atom. The van der Waals surface area contributed by atoms with Gasteiger partial charge in [0.2, 0.25) is 0 Å². The number of benzene rings is 1. The zero-order valence-electron chi connectivity index (χ0n) is 9.00. The fourth-order valence-corrected chi connectivity index (χ4v) is 2.09. The molecule has 0 bridgehead atoms. The maximum absolute atomic E-state index is 5.22. The molecule has 1 aromatic carbocycles. The van der Waals surface area contributed by atoms with Crippen LogP contribution in [0.2, 0.25) is 0 Å². The van der Waals surface area contributed by atoms with Crippen molar-refractivity contribution in [1.29, 1.82) is 0 Å². The summed E-state index contributed by atoms with van der Waals surface area (Å²) in [4.78, 5) is 11.3. The van der Waals surface area contributed by atoms with Gasteiger partial charge in [-0.25, -0.2) is 9.97 Å². The van der Waals surface area contributed by atoms with Gasteiger partial charge in [-0.05, 0) is 5.56 Å². The predicted molar refractivity (Wildman–Crippen MR) is 68.3 cm³/mol. The van der Waals surface area contributed by atoms with E-state index in [4.69, 9.17) is 12.2 Å². The van der Waals surface area contributed by atoms with Gasteiger partial charge in [0.15, 0.2) is 10.3 Å². The Morgan fingerprint density at radius 3 is 2.82 bits per heavy atom. The van der Waals surface area contributed by atoms with Crippen LogP contribution in [0.25, 0.3) is 11.2 Å². The van der Waals surface area contributed by atoms with Crippen LogP contribution in [-0.2, 0) is 6.54 Å². The zero-order chi connectivity index (χ0) is 11.7. The minimum absolute atomic E-state index is 0.576. The molecule has 3 rings (SSSR count). The standard InChI is InChI=1S/C12H10N4S/c17-12-10-11(13-7-14-12)15-8-16(10)6-9-4-2-1-3-5-9/h1-5,7-8H,6H2,(H,13,14,17). The summed E-state index contributed by atoms with van der Waals surface area (Å²) < 4.78 is 2.59. The van der Waals surface area contributed by atoms with Gasteiger partial charge in [-0.3, -0.25) is 0 Å². The summed E-state index contributed by atoms with van der Waals surface area (Å²) in [6.45, 7) is 0.751. The van der Waals surface area contributed by atoms with Gasteiger partial charge < -0.3 is 9.55 Å². The molecule has 17 heavy (non-hydrogen) atoms. The number of rotatable bonds is 2. The van der Waals surface area contributed by atoms with Gasteiger partial charge in [0, 0.05) is 6.54 Å². The van der Waals surface area contributed by atoms with E-state index in [9.17, 15) is 0 Å². The molecule has 0 aliphatic heterocycles. The van der Waals surface area contributed by atoms with E-state index < -0.39 is 0 Å². The summed E-state index contributed by atoms with van der Waals surface area (Å²) >= 11 is 5.22. The first-order valence-corrected chi connectivity index (χ1v) is 5.68. The summed E-state index contributed by atoms with van der Waals surface area (Å²) in [6.07, 6.45) is 3.36. The second kappa shape index (κ2) is 4.10. The normalized spacial score (nSPS) is 10.8. The maximum atomic E-state index is 5.22. The number of imidazole rings is 1. The Morgan fingerprint density at radius 1 is 1.18 bits per heavy atom. The molecule has 0 saturated carbocycles. The first-order chi connectivity index (χ1) is 8.34. The molecule has 3 aromatic rings. The van der Waals surface area contributed by atoms with Crippen molar-refractivity contribution >= 4 is 23.4 Å². The Labute approximate surface area is 103 Å². The fraction of sp³-hybridized carbons (Fsp3) is 0.0833. The molecule has 0 spiro atoms. The lowest BCUT2D eigenvalue weighted by Gasteiger charge is -2.03. The van der Waals surface area contributed by atoms with E-state index in [1.807, 2.05) is 22.8 Å². The van der Waals surface area contributed by atoms with Gasteiger partial charge in [-0.15, -0.1) is 0 Å². The fourth-order valence-electron chi connectivity index (χ4n) is 1.83. The molecule has 0 unspecified atom stereocenters. The highest BCUT2D eigenvalue weighted by molar-refractivity contribution is 7.71. The lowest BCUT2D eigenvalue weighted by atomic mass is 10.2. The molecule has 0 amide bonds. The Kier molecular flexibility index (Phi) is 2.45. The van der Waals surface area contributed by atoms with Crippen LogP contribution in [0, 0.1) is 4.64 Å². The second-order valence-electron chi connectivity index (χ2n) is 3.76. The smallest absolute Gasteiger partial charge is 0.160 e. The van der Waals surface area contributed by atoms with Crippen LogP contribution in [0.3, 0.4) is 0 Å². The predicted octanol–water partition coefficient (Wildman–Crippen LogP) is 2.54. The molecule has 84 valence electrons. The number of nitrogens with zero attached hydrogens (tertiary/aromatic N) is 3. The monoisotopic (exact) mass is 242 g/mol. The van der Waals surface area contributed by atoms with Gasteiger partial charge in [0.05, 0.1) is 12.7 Å². The van der Waals surface area contributed by atoms with E-state index in [0.29, 0.717) is 4.64 Å². The van der Waals surface area contributed by atoms with E-state index >= 15 is 0 Å². The van der Waals surface area contributed by atoms with Crippen molar-refractivity contribution in [3.8, 4) is 0 Å². The van der Waals surface area contributed by atoms with Crippen molar-refractivity contribution in [2.45, 2.75) is 6.54 Å². The third kappa shape index (κ3) is 1.85. The van der Waals surface area contributed by atoms with Crippen LogP contribution in [0.4, 0.5) is 0 Å². The molecular weight excluding hydrogens is 232 g/mol. The molecule has 5 heteroatoms. The molecule has 1 N–H and O–H groups in total. The topological polar surface area (TPSA) is 46.5 Å². The van der Waals surface area contributed by atoms with Crippen molar-refractivity contribution in [3.63, 3.8) is 0 Å². The third-order valence-electron chi connectivity index (χ3n) is 2.62. The molecule has 0 fully saturated rings. The molecule has 4 nitrogen and oxygen atoms in total. The molecule has 0 aliphatic rings. The van der Waals surface area contributed by atoms with Gasteiger partial charge in [-0.1, -0.05) is 42.5 Å². The second-order valence-corrected chi connectivity index (χ2v) is 4.15. The molecule has 0 aliphatic carbocycles. The molecular formula is C12H10N4S. The van der Waals surface area contributed by atoms with Crippen molar-refractivity contribution in [3.05, 3.63) is 53.2 Å². The van der Waals surface area contributed by atoms with Crippen LogP contribution < -0.4 is 0 Å². The number of H-pyrrole nitrogens is 1. The van der Waals surface area contributed by atoms with Crippen molar-refractivity contribution in [2.75, 3.05) is 0 Å². The van der Waals surface area contributed by atoms with Gasteiger partial charge in [0.1, 0.15) is 5.52 Å². The Bertz CT molecular complexity index is 699. The molecule has 0 saturated heterocycles. The summed E-state index contributed by atoms with van der Waals surface area (Å²) in [7, 11) is 0. The quantitative estimate of drug-likeness (QED) is 0.702. The molecule has 0 radical (unpaired) electrons. The minimum atomic E-state index is 0.576. The van der Waals surface area contributed by atoms with Crippen LogP contribution in [0.1, 0.15) is 5.56 Å². The van der Waals surface area contributed by atoms with E-state index in [0.717, 1.165) is 17.7 Å². The summed E-state index contributed by atoms with van der Waals surface area (Å²) in [6, 6.07) is 10.2. The van der Waals surface area contributed by atoms with E-state index in [-0.39, 0.29) is 0 Å². The van der Waals surface area contributed by atoms with Crippen LogP contribution in [-0.4, -0.2) is 19.5 Å². The molecule has 2 aromatic heterocycles. The van der Waals surface area contributed by atoms with Crippen molar-refractivity contribution < 1.29 is 0 Å². The number of fused-ring (bicyclic) bond motifs is 1. The zero-order valence-corrected chi connectivity index (χ0v) is 9.81. The SMILES string of the molecule is S=c1nc[nH]c2ncn(Cc3ccccc3)c12. The van der Waals surface area contributed by atoms with Crippen LogP contribution in [0.5, 0.6) is 0 Å². The first kappa shape index (κ1) is 10.2. The highest BCUT2D eigenvalue weighted by atomic mass is 32.1. The molecule has 2 heterocycles. The van der Waals surface area contributed by atoms with Gasteiger partial charge in [0.25, 0.3) is 0 Å². The highest BCUT2D eigenvalue weighted by Crippen LogP contribution is 2.12. The third-order valence-corrected chi connectivity index (χ3v) is 2.92. The van der Waals surface area contributed by atoms with E-state index in [1.165, 1.54) is 5.56 Å². The number of hydrogen-bond acceptors (Lipinski definition) is 3. The number of nitrogens with one attached hydrogen (secondary N) is 1. The average molecular weight is 242 g/mol. The first-order valence-electron chi connectivity index (χ1n) is 5.27. The largest absolute Gasteiger partial charge is 0.329 e. The Balaban J connectivity index is 2.10. The average Bonchev–Trinajstić information content (AvgIpc) is 2.75. The van der Waals surface area contributed by atoms with Crippen molar-refractivity contribution in [1.82, 2.24) is 19.5 Å². The number of aromatic nitrogens is 4. The summed E-state index contributed by atoms with van der Waals surface area (Å²) in [5.74, 6) is 0. The van der Waals surface area contributed by atoms with E-state index in [2.05, 4.69) is 27.1 Å². The van der Waals surface area contributed by atoms with Crippen LogP contribution >= 0.6 is 12.2 Å². The van der Waals surface area contributed by atoms with Gasteiger partial charge in [-0.2, -0.15) is 0 Å². The Hall–Kier alpha value is -2.01. The lowest BCUT2D eigenvalue weighted by Crippen LogP contribution is -1.98. The molecule has 0 atom stereocenters. The number of aromatic amines is 1. The van der Waals surface area contributed by atoms with Crippen LogP contribution in [0.15, 0.2) is 43.0 Å². The van der Waals surface area contributed by atoms with Crippen molar-refractivity contribution in [2.24, 2.45) is 0 Å². The maximum Gasteiger partial charge on any atom is 0.160 e. The van der Waals surface area contributed by atoms with Gasteiger partial charge >= 0.3 is 0 Å². The number of hydrogen-bond donors (Lipinski definition) is 1. The van der Waals surface area contributed by atoms with E-state index in [1.54, 1.807) is 12.7 Å². The lowest BCUT2D eigenvalue weighted by molar-refractivity contribution is 0.821. The summed E-state index contributed by atoms with van der Waals surface area (Å²) in [5.41, 5.74) is 2.87. The minimum Gasteiger partial charge on any atom is -0.329 e. The summed E-state index contributed by atoms with van der Waals surface area (Å²) in [5, 5.41) is 0.